The Morgan fingerprint density at radius 3 is 2.65 bits per heavy atom. The van der Waals surface area contributed by atoms with E-state index in [0.29, 0.717) is 18.0 Å². The number of aromatic carboxylic acids is 1. The summed E-state index contributed by atoms with van der Waals surface area (Å²) in [5.41, 5.74) is 1.64. The summed E-state index contributed by atoms with van der Waals surface area (Å²) in [7, 11) is 1.59. The molecule has 23 heavy (non-hydrogen) atoms. The van der Waals surface area contributed by atoms with Gasteiger partial charge in [0.1, 0.15) is 11.5 Å². The number of anilines is 1. The number of carboxylic acid groups (broad SMARTS) is 1. The fraction of sp³-hybridized carbons (Fsp3) is 0.176. The van der Waals surface area contributed by atoms with Crippen molar-refractivity contribution in [1.82, 2.24) is 0 Å². The highest BCUT2D eigenvalue weighted by Crippen LogP contribution is 2.34. The van der Waals surface area contributed by atoms with Crippen molar-refractivity contribution in [2.75, 3.05) is 18.6 Å². The number of amides is 1. The Morgan fingerprint density at radius 1 is 1.26 bits per heavy atom. The molecule has 2 aromatic carbocycles. The second-order valence-corrected chi connectivity index (χ2v) is 5.10. The Hall–Kier alpha value is -3.02. The van der Waals surface area contributed by atoms with Crippen molar-refractivity contribution in [2.24, 2.45) is 0 Å². The molecule has 0 saturated carbocycles. The molecule has 0 fully saturated rings. The van der Waals surface area contributed by atoms with E-state index in [9.17, 15) is 9.59 Å². The molecule has 1 amide bonds. The summed E-state index contributed by atoms with van der Waals surface area (Å²) in [5.74, 6) is -0.0574. The van der Waals surface area contributed by atoms with Crippen LogP contribution >= 0.6 is 0 Å². The standard InChI is InChI=1S/C17H15NO5/c1-22-13-5-2-11(3-6-13)9-18-14-7-4-12(17(20)21)8-15(14)23-10-16(18)19/h2-8H,9-10H2,1H3,(H,20,21). The zero-order valence-electron chi connectivity index (χ0n) is 12.5. The van der Waals surface area contributed by atoms with Crippen LogP contribution < -0.4 is 14.4 Å². The minimum Gasteiger partial charge on any atom is -0.497 e. The summed E-state index contributed by atoms with van der Waals surface area (Å²) in [6.45, 7) is 0.276. The van der Waals surface area contributed by atoms with Gasteiger partial charge in [0, 0.05) is 0 Å². The summed E-state index contributed by atoms with van der Waals surface area (Å²) in [6, 6.07) is 11.9. The van der Waals surface area contributed by atoms with Gasteiger partial charge < -0.3 is 19.5 Å². The Morgan fingerprint density at radius 2 is 2.00 bits per heavy atom. The highest BCUT2D eigenvalue weighted by molar-refractivity contribution is 5.99. The average molecular weight is 313 g/mol. The van der Waals surface area contributed by atoms with E-state index in [1.54, 1.807) is 18.1 Å². The molecule has 1 N–H and O–H groups in total. The van der Waals surface area contributed by atoms with Crippen molar-refractivity contribution in [2.45, 2.75) is 6.54 Å². The van der Waals surface area contributed by atoms with E-state index in [0.717, 1.165) is 11.3 Å². The molecule has 0 atom stereocenters. The van der Waals surface area contributed by atoms with Gasteiger partial charge in [0.2, 0.25) is 0 Å². The molecule has 1 heterocycles. The van der Waals surface area contributed by atoms with E-state index in [4.69, 9.17) is 14.6 Å². The first-order valence-corrected chi connectivity index (χ1v) is 7.02. The Bertz CT molecular complexity index is 754. The molecule has 0 aromatic heterocycles. The largest absolute Gasteiger partial charge is 0.497 e. The van der Waals surface area contributed by atoms with E-state index in [1.807, 2.05) is 24.3 Å². The van der Waals surface area contributed by atoms with Gasteiger partial charge in [-0.25, -0.2) is 4.79 Å². The van der Waals surface area contributed by atoms with Crippen LogP contribution in [0.2, 0.25) is 0 Å². The maximum absolute atomic E-state index is 12.2. The average Bonchev–Trinajstić information content (AvgIpc) is 2.57. The predicted molar refractivity (Wildman–Crippen MR) is 83.1 cm³/mol. The van der Waals surface area contributed by atoms with E-state index >= 15 is 0 Å². The molecular weight excluding hydrogens is 298 g/mol. The topological polar surface area (TPSA) is 76.1 Å². The van der Waals surface area contributed by atoms with Crippen LogP contribution in [0, 0.1) is 0 Å². The summed E-state index contributed by atoms with van der Waals surface area (Å²) < 4.78 is 10.5. The number of ether oxygens (including phenoxy) is 2. The van der Waals surface area contributed by atoms with Crippen molar-refractivity contribution in [3.05, 3.63) is 53.6 Å². The van der Waals surface area contributed by atoms with Crippen LogP contribution in [0.3, 0.4) is 0 Å². The van der Waals surface area contributed by atoms with Crippen molar-refractivity contribution < 1.29 is 24.2 Å². The van der Waals surface area contributed by atoms with Gasteiger partial charge in [-0.15, -0.1) is 0 Å². The van der Waals surface area contributed by atoms with Crippen LogP contribution in [-0.2, 0) is 11.3 Å². The zero-order valence-corrected chi connectivity index (χ0v) is 12.5. The number of carbonyl (C=O) groups is 2. The number of hydrogen-bond donors (Lipinski definition) is 1. The Kier molecular flexibility index (Phi) is 3.89. The molecule has 1 aliphatic heterocycles. The predicted octanol–water partition coefficient (Wildman–Crippen LogP) is 2.32. The quantitative estimate of drug-likeness (QED) is 0.937. The number of hydrogen-bond acceptors (Lipinski definition) is 4. The van der Waals surface area contributed by atoms with Gasteiger partial charge in [0.05, 0.1) is 24.9 Å². The summed E-state index contributed by atoms with van der Waals surface area (Å²) >= 11 is 0. The summed E-state index contributed by atoms with van der Waals surface area (Å²) in [6.07, 6.45) is 0. The maximum Gasteiger partial charge on any atom is 0.335 e. The third kappa shape index (κ3) is 2.96. The highest BCUT2D eigenvalue weighted by atomic mass is 16.5. The third-order valence-electron chi connectivity index (χ3n) is 3.65. The van der Waals surface area contributed by atoms with Gasteiger partial charge in [-0.3, -0.25) is 4.79 Å². The van der Waals surface area contributed by atoms with Crippen LogP contribution in [0.4, 0.5) is 5.69 Å². The van der Waals surface area contributed by atoms with Crippen LogP contribution in [0.1, 0.15) is 15.9 Å². The first-order chi connectivity index (χ1) is 11.1. The Balaban J connectivity index is 1.90. The molecular formula is C17H15NO5. The number of fused-ring (bicyclic) bond motifs is 1. The van der Waals surface area contributed by atoms with Gasteiger partial charge in [-0.1, -0.05) is 12.1 Å². The SMILES string of the molecule is COc1ccc(CN2C(=O)COc3cc(C(=O)O)ccc32)cc1. The lowest BCUT2D eigenvalue weighted by atomic mass is 10.1. The summed E-state index contributed by atoms with van der Waals surface area (Å²) in [5, 5.41) is 9.04. The number of nitrogens with zero attached hydrogens (tertiary/aromatic N) is 1. The molecule has 0 bridgehead atoms. The second kappa shape index (κ2) is 6.00. The molecule has 0 aliphatic carbocycles. The lowest BCUT2D eigenvalue weighted by Crippen LogP contribution is -2.38. The third-order valence-corrected chi connectivity index (χ3v) is 3.65. The van der Waals surface area contributed by atoms with Crippen molar-refractivity contribution in [3.63, 3.8) is 0 Å². The van der Waals surface area contributed by atoms with Gasteiger partial charge in [-0.05, 0) is 35.9 Å². The molecule has 3 rings (SSSR count). The smallest absolute Gasteiger partial charge is 0.335 e. The molecule has 118 valence electrons. The van der Waals surface area contributed by atoms with E-state index in [-0.39, 0.29) is 18.1 Å². The molecule has 6 nitrogen and oxygen atoms in total. The molecule has 0 radical (unpaired) electrons. The fourth-order valence-corrected chi connectivity index (χ4v) is 2.42. The van der Waals surface area contributed by atoms with Gasteiger partial charge in [-0.2, -0.15) is 0 Å². The number of methoxy groups -OCH3 is 1. The van der Waals surface area contributed by atoms with E-state index in [2.05, 4.69) is 0 Å². The first-order valence-electron chi connectivity index (χ1n) is 7.02. The van der Waals surface area contributed by atoms with Crippen LogP contribution in [0.5, 0.6) is 11.5 Å². The molecule has 0 unspecified atom stereocenters. The van der Waals surface area contributed by atoms with Crippen molar-refractivity contribution in [1.29, 1.82) is 0 Å². The van der Waals surface area contributed by atoms with Gasteiger partial charge in [0.25, 0.3) is 5.91 Å². The minimum absolute atomic E-state index is 0.105. The van der Waals surface area contributed by atoms with Crippen molar-refractivity contribution >= 4 is 17.6 Å². The van der Waals surface area contributed by atoms with Crippen LogP contribution in [0.15, 0.2) is 42.5 Å². The number of benzene rings is 2. The lowest BCUT2D eigenvalue weighted by molar-refractivity contribution is -0.121. The van der Waals surface area contributed by atoms with Gasteiger partial charge in [0.15, 0.2) is 6.61 Å². The monoisotopic (exact) mass is 313 g/mol. The molecule has 0 spiro atoms. The molecule has 6 heteroatoms. The fourth-order valence-electron chi connectivity index (χ4n) is 2.42. The Labute approximate surface area is 132 Å². The van der Waals surface area contributed by atoms with Crippen LogP contribution in [-0.4, -0.2) is 30.7 Å². The molecule has 1 aliphatic rings. The highest BCUT2D eigenvalue weighted by Gasteiger charge is 2.26. The normalized spacial score (nSPS) is 13.3. The van der Waals surface area contributed by atoms with Gasteiger partial charge >= 0.3 is 5.97 Å². The minimum atomic E-state index is -1.03. The van der Waals surface area contributed by atoms with E-state index in [1.165, 1.54) is 12.1 Å². The number of rotatable bonds is 4. The van der Waals surface area contributed by atoms with Crippen molar-refractivity contribution in [3.8, 4) is 11.5 Å². The number of carbonyl (C=O) groups excluding carboxylic acids is 1. The maximum atomic E-state index is 12.2. The first kappa shape index (κ1) is 14.9. The zero-order chi connectivity index (χ0) is 16.4. The number of carboxylic acids is 1. The lowest BCUT2D eigenvalue weighted by Gasteiger charge is -2.29. The molecule has 2 aromatic rings. The van der Waals surface area contributed by atoms with E-state index < -0.39 is 5.97 Å². The molecule has 0 saturated heterocycles. The van der Waals surface area contributed by atoms with Crippen LogP contribution in [0.25, 0.3) is 0 Å². The summed E-state index contributed by atoms with van der Waals surface area (Å²) in [4.78, 5) is 24.8. The second-order valence-electron chi connectivity index (χ2n) is 5.10.